The molecule has 116 valence electrons. The molecular weight excluding hydrogens is 328 g/mol. The van der Waals surface area contributed by atoms with Gasteiger partial charge in [-0.25, -0.2) is 0 Å². The van der Waals surface area contributed by atoms with Crippen molar-refractivity contribution >= 4 is 11.0 Å². The summed E-state index contributed by atoms with van der Waals surface area (Å²) in [6.45, 7) is -1.12. The minimum atomic E-state index is -3.22. The van der Waals surface area contributed by atoms with Crippen LogP contribution < -0.4 is 5.43 Å². The number of fused-ring (bicyclic) bond motifs is 11. The molecule has 4 atom stereocenters. The zero-order chi connectivity index (χ0) is 14.4. The Morgan fingerprint density at radius 2 is 1.61 bits per heavy atom. The molecule has 0 aliphatic carbocycles. The average Bonchev–Trinajstić information content (AvgIpc) is 3.46. The van der Waals surface area contributed by atoms with Gasteiger partial charge in [0.25, 0.3) is 0 Å². The van der Waals surface area contributed by atoms with E-state index in [0.29, 0.717) is 4.31 Å². The van der Waals surface area contributed by atoms with Gasteiger partial charge >= 0.3 is 122 Å². The van der Waals surface area contributed by atoms with Gasteiger partial charge in [0.05, 0.1) is 0 Å². The third-order valence-corrected chi connectivity index (χ3v) is 59.3. The molecule has 23 heavy (non-hydrogen) atoms. The first kappa shape index (κ1) is 8.87. The second-order valence-electron chi connectivity index (χ2n) is 12.7. The summed E-state index contributed by atoms with van der Waals surface area (Å²) in [7, 11) is 0. The minimum absolute atomic E-state index is 0.220. The van der Waals surface area contributed by atoms with E-state index >= 15 is 0 Å². The Kier molecular flexibility index (Phi) is 0.342. The van der Waals surface area contributed by atoms with Crippen molar-refractivity contribution in [1.82, 2.24) is 0 Å². The molecule has 10 aliphatic heterocycles. The summed E-state index contributed by atoms with van der Waals surface area (Å²) < 4.78 is 7.14. The van der Waals surface area contributed by atoms with Crippen molar-refractivity contribution < 1.29 is 10.9 Å². The van der Waals surface area contributed by atoms with Crippen LogP contribution in [0.5, 0.6) is 0 Å². The maximum absolute atomic E-state index is 12.8. The molecule has 0 radical (unpaired) electrons. The summed E-state index contributed by atoms with van der Waals surface area (Å²) in [4.78, 5) is 24.0. The fourth-order valence-electron chi connectivity index (χ4n) is 18.3. The van der Waals surface area contributed by atoms with E-state index in [-0.39, 0.29) is 5.43 Å². The number of aryl methyl sites for hydroxylation is 1. The number of hydrogen-bond donors (Lipinski definition) is 0. The van der Waals surface area contributed by atoms with Crippen molar-refractivity contribution in [3.63, 3.8) is 0 Å². The molecule has 1 aromatic heterocycles. The van der Waals surface area contributed by atoms with Crippen LogP contribution in [-0.2, 0) is 10.8 Å². The van der Waals surface area contributed by atoms with Crippen molar-refractivity contribution in [3.05, 3.63) is 45.8 Å². The SMILES string of the molecule is Cc1ccc2c(=O)cc([C]34[CH]5[CH]6[CH]7[CH]3[Fe]6754389%10[CH]4[CH]3[CH]8[CH]9[CH]4%10)oc2c1. The van der Waals surface area contributed by atoms with Gasteiger partial charge in [-0.15, -0.1) is 0 Å². The van der Waals surface area contributed by atoms with E-state index in [1.165, 1.54) is 45.0 Å². The van der Waals surface area contributed by atoms with E-state index in [1.807, 2.05) is 18.2 Å². The third kappa shape index (κ3) is 0.127. The first-order valence-electron chi connectivity index (χ1n) is 9.19. The van der Waals surface area contributed by atoms with Crippen LogP contribution in [0.2, 0.25) is 43.3 Å². The van der Waals surface area contributed by atoms with Gasteiger partial charge in [0, 0.05) is 0 Å². The van der Waals surface area contributed by atoms with E-state index < -0.39 is 6.51 Å². The molecule has 10 saturated heterocycles. The van der Waals surface area contributed by atoms with Gasteiger partial charge < -0.3 is 0 Å². The summed E-state index contributed by atoms with van der Waals surface area (Å²) in [6.07, 6.45) is 0. The van der Waals surface area contributed by atoms with Crippen LogP contribution in [0.1, 0.15) is 11.3 Å². The monoisotopic (exact) mass is 344 g/mol. The Hall–Kier alpha value is -1.05. The molecule has 11 heterocycles. The van der Waals surface area contributed by atoms with Crippen LogP contribution in [-0.4, -0.2) is 0 Å². The Bertz CT molecular complexity index is 1500. The van der Waals surface area contributed by atoms with Crippen molar-refractivity contribution in [2.24, 2.45) is 0 Å². The van der Waals surface area contributed by atoms with Crippen molar-refractivity contribution in [2.45, 2.75) is 54.6 Å². The molecule has 0 bridgehead atoms. The van der Waals surface area contributed by atoms with E-state index in [0.717, 1.165) is 20.6 Å². The van der Waals surface area contributed by atoms with Crippen LogP contribution in [0.4, 0.5) is 0 Å². The van der Waals surface area contributed by atoms with Gasteiger partial charge in [-0.1, -0.05) is 0 Å². The molecule has 2 nitrogen and oxygen atoms in total. The first-order chi connectivity index (χ1) is 10.9. The van der Waals surface area contributed by atoms with Crippen molar-refractivity contribution in [1.29, 1.82) is 0 Å². The molecule has 1 spiro atoms. The van der Waals surface area contributed by atoms with Crippen LogP contribution in [0.15, 0.2) is 33.5 Å². The quantitative estimate of drug-likeness (QED) is 0.689. The van der Waals surface area contributed by atoms with Crippen LogP contribution in [0, 0.1) is 6.92 Å². The zero-order valence-electron chi connectivity index (χ0n) is 12.7. The molecule has 10 fully saturated rings. The number of hydrogen-bond acceptors (Lipinski definition) is 2. The fraction of sp³-hybridized carbons (Fsp3) is 0.550. The predicted molar refractivity (Wildman–Crippen MR) is 82.6 cm³/mol. The topological polar surface area (TPSA) is 30.2 Å². The Balaban J connectivity index is 1.37. The summed E-state index contributed by atoms with van der Waals surface area (Å²) >= 11 is 0. The van der Waals surface area contributed by atoms with Gasteiger partial charge in [0.1, 0.15) is 0 Å². The Labute approximate surface area is 122 Å². The molecule has 0 N–H and O–H groups in total. The summed E-state index contributed by atoms with van der Waals surface area (Å²) in [5, 5.41) is 0.783. The van der Waals surface area contributed by atoms with Crippen LogP contribution in [0.25, 0.3) is 11.0 Å². The zero-order valence-corrected chi connectivity index (χ0v) is 13.8. The molecule has 3 heteroatoms. The fourth-order valence-corrected chi connectivity index (χ4v) is 92.2. The summed E-state index contributed by atoms with van der Waals surface area (Å²) in [6, 6.07) is 8.05. The second-order valence-corrected chi connectivity index (χ2v) is 36.2. The third-order valence-electron chi connectivity index (χ3n) is 16.9. The standard InChI is InChI=1S/C15H11O2.C5H5.Fe/c1-10-6-7-12-13(16)9-14(17-15(12)8-10)11-4-2-3-5-11;1-2-4-5-3-1;/h2-9H,1H3;1-5H;. The molecule has 0 saturated carbocycles. The van der Waals surface area contributed by atoms with Gasteiger partial charge in [-0.05, 0) is 0 Å². The molecule has 0 amide bonds. The van der Waals surface area contributed by atoms with Gasteiger partial charge in [-0.3, -0.25) is 0 Å². The Morgan fingerprint density at radius 1 is 0.957 bits per heavy atom. The van der Waals surface area contributed by atoms with Crippen molar-refractivity contribution in [2.75, 3.05) is 0 Å². The van der Waals surface area contributed by atoms with Gasteiger partial charge in [0.15, 0.2) is 0 Å². The summed E-state index contributed by atoms with van der Waals surface area (Å²) in [5.41, 5.74) is 2.28. The molecule has 1 aromatic carbocycles. The van der Waals surface area contributed by atoms with Gasteiger partial charge in [0.2, 0.25) is 0 Å². The molecule has 10 aliphatic rings. The number of benzene rings is 1. The van der Waals surface area contributed by atoms with E-state index in [9.17, 15) is 4.79 Å². The van der Waals surface area contributed by atoms with E-state index in [2.05, 4.69) is 13.0 Å². The normalized spacial score (nSPS) is 91.3. The molecule has 12 rings (SSSR count). The predicted octanol–water partition coefficient (Wildman–Crippen LogP) is 4.90. The van der Waals surface area contributed by atoms with Crippen LogP contribution in [0.3, 0.4) is 0 Å². The molecule has 2 aromatic rings. The second kappa shape index (κ2) is 0.887. The van der Waals surface area contributed by atoms with Crippen LogP contribution >= 0.6 is 0 Å². The van der Waals surface area contributed by atoms with E-state index in [1.54, 1.807) is 0 Å². The average molecular weight is 344 g/mol. The van der Waals surface area contributed by atoms with Crippen molar-refractivity contribution in [3.8, 4) is 0 Å². The molecule has 4 unspecified atom stereocenters. The maximum atomic E-state index is 12.8. The molecular formula is C20H16FeO2. The first-order valence-corrected chi connectivity index (χ1v) is 15.5. The number of rotatable bonds is 1. The summed E-state index contributed by atoms with van der Waals surface area (Å²) in [5.74, 6) is 1.21. The van der Waals surface area contributed by atoms with Gasteiger partial charge in [-0.2, -0.15) is 0 Å². The Morgan fingerprint density at radius 3 is 2.13 bits per heavy atom. The van der Waals surface area contributed by atoms with E-state index in [4.69, 9.17) is 4.42 Å².